The molecule has 9 heteroatoms. The SMILES string of the molecule is CC1(CN)CCN(c2cnc3c(N4CCCc5cc(C(N)=O)ccc54)n[nH]c3n2)CC1. The molecular formula is C22H28N8O. The number of nitrogens with one attached hydrogen (secondary N) is 1. The van der Waals surface area contributed by atoms with Gasteiger partial charge in [-0.25, -0.2) is 9.97 Å². The molecule has 31 heavy (non-hydrogen) atoms. The Bertz CT molecular complexity index is 1130. The first-order valence-electron chi connectivity index (χ1n) is 10.8. The van der Waals surface area contributed by atoms with E-state index in [1.807, 2.05) is 18.3 Å². The van der Waals surface area contributed by atoms with Crippen LogP contribution in [0.3, 0.4) is 0 Å². The minimum Gasteiger partial charge on any atom is -0.366 e. The highest BCUT2D eigenvalue weighted by Gasteiger charge is 2.30. The predicted octanol–water partition coefficient (Wildman–Crippen LogP) is 2.10. The average Bonchev–Trinajstić information content (AvgIpc) is 3.22. The molecule has 1 aromatic carbocycles. The lowest BCUT2D eigenvalue weighted by molar-refractivity contribution is 0.1000. The van der Waals surface area contributed by atoms with Crippen LogP contribution < -0.4 is 21.3 Å². The zero-order valence-corrected chi connectivity index (χ0v) is 17.8. The van der Waals surface area contributed by atoms with Crippen LogP contribution in [0.5, 0.6) is 0 Å². The van der Waals surface area contributed by atoms with Crippen molar-refractivity contribution in [2.24, 2.45) is 16.9 Å². The Morgan fingerprint density at radius 2 is 2.06 bits per heavy atom. The lowest BCUT2D eigenvalue weighted by atomic mass is 9.80. The molecule has 2 aliphatic rings. The third-order valence-electron chi connectivity index (χ3n) is 6.76. The van der Waals surface area contributed by atoms with Crippen LogP contribution in [-0.2, 0) is 6.42 Å². The fourth-order valence-electron chi connectivity index (χ4n) is 4.57. The van der Waals surface area contributed by atoms with E-state index in [1.54, 1.807) is 6.07 Å². The maximum Gasteiger partial charge on any atom is 0.248 e. The number of aromatic nitrogens is 4. The van der Waals surface area contributed by atoms with E-state index in [0.29, 0.717) is 17.8 Å². The van der Waals surface area contributed by atoms with Crippen molar-refractivity contribution in [1.82, 2.24) is 20.2 Å². The van der Waals surface area contributed by atoms with Gasteiger partial charge in [-0.2, -0.15) is 5.10 Å². The number of rotatable bonds is 4. The van der Waals surface area contributed by atoms with Gasteiger partial charge in [0.2, 0.25) is 5.91 Å². The Kier molecular flexibility index (Phi) is 4.77. The van der Waals surface area contributed by atoms with Gasteiger partial charge in [-0.1, -0.05) is 6.92 Å². The van der Waals surface area contributed by atoms with E-state index in [4.69, 9.17) is 21.4 Å². The summed E-state index contributed by atoms with van der Waals surface area (Å²) in [6.07, 6.45) is 5.81. The minimum atomic E-state index is -0.409. The molecule has 4 heterocycles. The van der Waals surface area contributed by atoms with Crippen LogP contribution in [0, 0.1) is 5.41 Å². The highest BCUT2D eigenvalue weighted by atomic mass is 16.1. The smallest absolute Gasteiger partial charge is 0.248 e. The van der Waals surface area contributed by atoms with Gasteiger partial charge in [0.25, 0.3) is 0 Å². The highest BCUT2D eigenvalue weighted by molar-refractivity contribution is 5.94. The highest BCUT2D eigenvalue weighted by Crippen LogP contribution is 2.36. The molecule has 0 unspecified atom stereocenters. The molecule has 9 nitrogen and oxygen atoms in total. The molecule has 0 spiro atoms. The summed E-state index contributed by atoms with van der Waals surface area (Å²) in [4.78, 5) is 25.5. The van der Waals surface area contributed by atoms with Crippen LogP contribution in [0.1, 0.15) is 42.1 Å². The molecular weight excluding hydrogens is 392 g/mol. The number of primary amides is 1. The van der Waals surface area contributed by atoms with Crippen LogP contribution in [0.2, 0.25) is 0 Å². The van der Waals surface area contributed by atoms with Crippen LogP contribution in [-0.4, -0.2) is 52.3 Å². The molecule has 0 saturated carbocycles. The predicted molar refractivity (Wildman–Crippen MR) is 121 cm³/mol. The maximum atomic E-state index is 11.5. The number of carbonyl (C=O) groups is 1. The largest absolute Gasteiger partial charge is 0.366 e. The number of H-pyrrole nitrogens is 1. The van der Waals surface area contributed by atoms with Crippen LogP contribution in [0.25, 0.3) is 11.2 Å². The van der Waals surface area contributed by atoms with Crippen LogP contribution in [0.15, 0.2) is 24.4 Å². The first-order chi connectivity index (χ1) is 15.0. The van der Waals surface area contributed by atoms with Crippen molar-refractivity contribution in [2.75, 3.05) is 36.0 Å². The summed E-state index contributed by atoms with van der Waals surface area (Å²) in [5.74, 6) is 1.22. The van der Waals surface area contributed by atoms with E-state index in [1.165, 1.54) is 0 Å². The minimum absolute atomic E-state index is 0.214. The molecule has 162 valence electrons. The van der Waals surface area contributed by atoms with Crippen molar-refractivity contribution in [1.29, 1.82) is 0 Å². The Balaban J connectivity index is 1.44. The summed E-state index contributed by atoms with van der Waals surface area (Å²) in [6.45, 7) is 5.65. The van der Waals surface area contributed by atoms with Crippen LogP contribution in [0.4, 0.5) is 17.3 Å². The van der Waals surface area contributed by atoms with Gasteiger partial charge in [0, 0.05) is 30.9 Å². The molecule has 0 atom stereocenters. The number of aromatic amines is 1. The van der Waals surface area contributed by atoms with E-state index >= 15 is 0 Å². The number of piperidine rings is 1. The van der Waals surface area contributed by atoms with E-state index in [0.717, 1.165) is 73.7 Å². The van der Waals surface area contributed by atoms with Crippen molar-refractivity contribution in [3.63, 3.8) is 0 Å². The van der Waals surface area contributed by atoms with Gasteiger partial charge >= 0.3 is 0 Å². The number of hydrogen-bond donors (Lipinski definition) is 3. The summed E-state index contributed by atoms with van der Waals surface area (Å²) in [5.41, 5.74) is 15.7. The standard InChI is InChI=1S/C22H28N8O/c1-22(13-23)6-9-29(10-7-22)17-12-25-18-20(26-17)27-28-21(18)30-8-2-3-14-11-15(19(24)31)4-5-16(14)30/h4-5,11-12H,2-3,6-10,13,23H2,1H3,(H2,24,31)(H,26,27,28). The first kappa shape index (κ1) is 19.7. The average molecular weight is 421 g/mol. The van der Waals surface area contributed by atoms with Gasteiger partial charge < -0.3 is 21.3 Å². The van der Waals surface area contributed by atoms with E-state index < -0.39 is 5.91 Å². The van der Waals surface area contributed by atoms with Gasteiger partial charge in [0.05, 0.1) is 6.20 Å². The number of aryl methyl sites for hydroxylation is 1. The summed E-state index contributed by atoms with van der Waals surface area (Å²) < 4.78 is 0. The zero-order valence-electron chi connectivity index (χ0n) is 17.8. The molecule has 1 amide bonds. The number of carbonyl (C=O) groups excluding carboxylic acids is 1. The fourth-order valence-corrected chi connectivity index (χ4v) is 4.57. The number of fused-ring (bicyclic) bond motifs is 2. The lowest BCUT2D eigenvalue weighted by Crippen LogP contribution is -2.42. The molecule has 5 rings (SSSR count). The number of hydrogen-bond acceptors (Lipinski definition) is 7. The molecule has 2 aromatic heterocycles. The van der Waals surface area contributed by atoms with Gasteiger partial charge in [-0.05, 0) is 61.4 Å². The molecule has 0 bridgehead atoms. The Morgan fingerprint density at radius 3 is 2.81 bits per heavy atom. The quantitative estimate of drug-likeness (QED) is 0.589. The second-order valence-electron chi connectivity index (χ2n) is 8.94. The number of anilines is 3. The summed E-state index contributed by atoms with van der Waals surface area (Å²) in [5, 5.41) is 7.61. The van der Waals surface area contributed by atoms with Gasteiger partial charge in [-0.15, -0.1) is 0 Å². The first-order valence-corrected chi connectivity index (χ1v) is 10.8. The maximum absolute atomic E-state index is 11.5. The third kappa shape index (κ3) is 3.48. The molecule has 1 fully saturated rings. The number of benzene rings is 1. The number of nitrogens with two attached hydrogens (primary N) is 2. The van der Waals surface area contributed by atoms with Crippen molar-refractivity contribution >= 4 is 34.4 Å². The van der Waals surface area contributed by atoms with E-state index in [9.17, 15) is 4.79 Å². The number of amides is 1. The molecule has 1 saturated heterocycles. The van der Waals surface area contributed by atoms with Gasteiger partial charge in [0.1, 0.15) is 5.82 Å². The summed E-state index contributed by atoms with van der Waals surface area (Å²) in [6, 6.07) is 5.59. The van der Waals surface area contributed by atoms with E-state index in [-0.39, 0.29) is 5.41 Å². The second-order valence-corrected chi connectivity index (χ2v) is 8.94. The van der Waals surface area contributed by atoms with Crippen molar-refractivity contribution in [2.45, 2.75) is 32.6 Å². The van der Waals surface area contributed by atoms with Crippen molar-refractivity contribution in [3.05, 3.63) is 35.5 Å². The molecule has 3 aromatic rings. The Hall–Kier alpha value is -3.20. The topological polar surface area (TPSA) is 130 Å². The third-order valence-corrected chi connectivity index (χ3v) is 6.76. The van der Waals surface area contributed by atoms with Crippen molar-refractivity contribution in [3.8, 4) is 0 Å². The van der Waals surface area contributed by atoms with Crippen molar-refractivity contribution < 1.29 is 4.79 Å². The fraction of sp³-hybridized carbons (Fsp3) is 0.455. The number of nitrogens with zero attached hydrogens (tertiary/aromatic N) is 5. The monoisotopic (exact) mass is 420 g/mol. The lowest BCUT2D eigenvalue weighted by Gasteiger charge is -2.39. The normalized spacial score (nSPS) is 18.3. The molecule has 0 radical (unpaired) electrons. The van der Waals surface area contributed by atoms with Gasteiger partial charge in [-0.3, -0.25) is 9.89 Å². The Morgan fingerprint density at radius 1 is 1.26 bits per heavy atom. The molecule has 0 aliphatic carbocycles. The Labute approximate surface area is 180 Å². The van der Waals surface area contributed by atoms with Crippen LogP contribution >= 0.6 is 0 Å². The summed E-state index contributed by atoms with van der Waals surface area (Å²) >= 11 is 0. The summed E-state index contributed by atoms with van der Waals surface area (Å²) in [7, 11) is 0. The molecule has 5 N–H and O–H groups in total. The zero-order chi connectivity index (χ0) is 21.6. The second kappa shape index (κ2) is 7.49. The van der Waals surface area contributed by atoms with E-state index in [2.05, 4.69) is 26.9 Å². The van der Waals surface area contributed by atoms with Gasteiger partial charge in [0.15, 0.2) is 17.0 Å². The molecule has 2 aliphatic heterocycles.